The van der Waals surface area contributed by atoms with E-state index >= 15 is 0 Å². The minimum atomic E-state index is -1.05. The van der Waals surface area contributed by atoms with Crippen LogP contribution in [0.2, 0.25) is 0 Å². The van der Waals surface area contributed by atoms with Gasteiger partial charge >= 0.3 is 8.90 Å². The highest BCUT2D eigenvalue weighted by Crippen LogP contribution is 2.22. The van der Waals surface area contributed by atoms with Gasteiger partial charge in [-0.15, -0.1) is 0 Å². The fraction of sp³-hybridized carbons (Fsp3) is 0.900. The Labute approximate surface area is 82.7 Å². The van der Waals surface area contributed by atoms with Crippen molar-refractivity contribution in [3.63, 3.8) is 0 Å². The van der Waals surface area contributed by atoms with E-state index in [2.05, 4.69) is 5.67 Å². The molecule has 0 aromatic carbocycles. The molecule has 1 aliphatic carbocycles. The predicted molar refractivity (Wildman–Crippen MR) is 57.0 cm³/mol. The van der Waals surface area contributed by atoms with Crippen LogP contribution in [-0.4, -0.2) is 27.8 Å². The molecule has 2 nitrogen and oxygen atoms in total. The van der Waals surface area contributed by atoms with Crippen LogP contribution in [0.5, 0.6) is 0 Å². The van der Waals surface area contributed by atoms with Crippen molar-refractivity contribution in [2.24, 2.45) is 5.92 Å². The van der Waals surface area contributed by atoms with Crippen LogP contribution in [0.25, 0.3) is 0 Å². The van der Waals surface area contributed by atoms with Crippen LogP contribution in [0.15, 0.2) is 0 Å². The van der Waals surface area contributed by atoms with Crippen molar-refractivity contribution in [3.05, 3.63) is 0 Å². The molecular formula is C10H20O2Si. The normalized spacial score (nSPS) is 17.1. The van der Waals surface area contributed by atoms with E-state index in [1.54, 1.807) is 0 Å². The summed E-state index contributed by atoms with van der Waals surface area (Å²) in [4.78, 5) is 0. The summed E-state index contributed by atoms with van der Waals surface area (Å²) in [6, 6.07) is 0. The molecule has 1 saturated carbocycles. The average Bonchev–Trinajstić information content (AvgIpc) is 2.58. The topological polar surface area (TPSA) is 18.5 Å². The lowest BCUT2D eigenvalue weighted by Crippen LogP contribution is -2.19. The molecule has 13 heavy (non-hydrogen) atoms. The molecule has 76 valence electrons. The van der Waals surface area contributed by atoms with E-state index in [1.807, 2.05) is 13.8 Å². The second kappa shape index (κ2) is 6.19. The molecular weight excluding hydrogens is 180 g/mol. The zero-order chi connectivity index (χ0) is 9.52. The van der Waals surface area contributed by atoms with Gasteiger partial charge < -0.3 is 8.85 Å². The molecule has 0 aliphatic heterocycles. The lowest BCUT2D eigenvalue weighted by molar-refractivity contribution is 0.234. The number of rotatable bonds is 5. The van der Waals surface area contributed by atoms with Gasteiger partial charge in [-0.05, 0) is 38.3 Å². The maximum atomic E-state index is 5.57. The molecule has 1 fully saturated rings. The molecule has 0 bridgehead atoms. The van der Waals surface area contributed by atoms with Gasteiger partial charge in [0.2, 0.25) is 0 Å². The third kappa shape index (κ3) is 3.94. The van der Waals surface area contributed by atoms with Gasteiger partial charge in [-0.1, -0.05) is 12.8 Å². The molecule has 1 aliphatic rings. The predicted octanol–water partition coefficient (Wildman–Crippen LogP) is 2.12. The molecule has 0 aromatic rings. The minimum Gasteiger partial charge on any atom is -0.524 e. The Kier molecular flexibility index (Phi) is 5.12. The second-order valence-electron chi connectivity index (χ2n) is 3.40. The van der Waals surface area contributed by atoms with Crippen molar-refractivity contribution in [2.75, 3.05) is 13.2 Å². The fourth-order valence-corrected chi connectivity index (χ4v) is 3.30. The molecule has 0 N–H and O–H groups in total. The first-order chi connectivity index (χ1) is 6.36. The Morgan fingerprint density at radius 2 is 1.69 bits per heavy atom. The van der Waals surface area contributed by atoms with Crippen molar-refractivity contribution in [3.8, 4) is 0 Å². The summed E-state index contributed by atoms with van der Waals surface area (Å²) in [6.45, 7) is 5.62. The monoisotopic (exact) mass is 200 g/mol. The highest BCUT2D eigenvalue weighted by atomic mass is 28.3. The van der Waals surface area contributed by atoms with Gasteiger partial charge in [-0.3, -0.25) is 0 Å². The molecule has 0 heterocycles. The van der Waals surface area contributed by atoms with Crippen LogP contribution in [0.4, 0.5) is 0 Å². The van der Waals surface area contributed by atoms with Crippen LogP contribution in [0, 0.1) is 5.92 Å². The van der Waals surface area contributed by atoms with Gasteiger partial charge in [0.15, 0.2) is 0 Å². The zero-order valence-corrected chi connectivity index (χ0v) is 9.71. The molecule has 0 amide bonds. The van der Waals surface area contributed by atoms with Gasteiger partial charge in [0.25, 0.3) is 0 Å². The summed E-state index contributed by atoms with van der Waals surface area (Å²) in [6.07, 6.45) is 5.45. The fourth-order valence-electron chi connectivity index (χ4n) is 1.74. The average molecular weight is 200 g/mol. The molecule has 0 unspecified atom stereocenters. The Bertz CT molecular complexity index is 154. The van der Waals surface area contributed by atoms with E-state index in [0.29, 0.717) is 0 Å². The zero-order valence-electron chi connectivity index (χ0n) is 8.71. The molecule has 0 radical (unpaired) electrons. The Morgan fingerprint density at radius 1 is 1.15 bits per heavy atom. The van der Waals surface area contributed by atoms with Gasteiger partial charge in [-0.25, -0.2) is 0 Å². The third-order valence-corrected chi connectivity index (χ3v) is 4.23. The number of hydrogen-bond acceptors (Lipinski definition) is 2. The van der Waals surface area contributed by atoms with Gasteiger partial charge in [0.05, 0.1) is 13.2 Å². The molecule has 0 saturated heterocycles. The smallest absolute Gasteiger partial charge is 0.475 e. The van der Waals surface area contributed by atoms with Crippen LogP contribution in [-0.2, 0) is 8.85 Å². The summed E-state index contributed by atoms with van der Waals surface area (Å²) in [5.74, 6) is 0.770. The van der Waals surface area contributed by atoms with E-state index in [-0.39, 0.29) is 0 Å². The van der Waals surface area contributed by atoms with Crippen LogP contribution in [0.1, 0.15) is 39.5 Å². The molecule has 3 heteroatoms. The molecule has 0 spiro atoms. The molecule has 1 rings (SSSR count). The first kappa shape index (κ1) is 10.8. The van der Waals surface area contributed by atoms with Crippen molar-refractivity contribution in [2.45, 2.75) is 39.5 Å². The molecule has 0 atom stereocenters. The maximum Gasteiger partial charge on any atom is 0.475 e. The van der Waals surface area contributed by atoms with E-state index in [9.17, 15) is 0 Å². The largest absolute Gasteiger partial charge is 0.524 e. The SMILES string of the molecule is CCO[Si](=CC1CCCC1)OCC. The van der Waals surface area contributed by atoms with Crippen molar-refractivity contribution >= 4 is 14.6 Å². The first-order valence-corrected chi connectivity index (χ1v) is 6.73. The highest BCUT2D eigenvalue weighted by molar-refractivity contribution is 6.54. The van der Waals surface area contributed by atoms with Gasteiger partial charge in [-0.2, -0.15) is 0 Å². The van der Waals surface area contributed by atoms with Crippen molar-refractivity contribution < 1.29 is 8.85 Å². The Morgan fingerprint density at radius 3 is 2.15 bits per heavy atom. The lowest BCUT2D eigenvalue weighted by atomic mass is 10.1. The summed E-state index contributed by atoms with van der Waals surface area (Å²) in [5.41, 5.74) is 2.34. The molecule has 0 aromatic heterocycles. The van der Waals surface area contributed by atoms with E-state index in [0.717, 1.165) is 19.1 Å². The van der Waals surface area contributed by atoms with Crippen LogP contribution < -0.4 is 0 Å². The lowest BCUT2D eigenvalue weighted by Gasteiger charge is -2.09. The quantitative estimate of drug-likeness (QED) is 0.633. The van der Waals surface area contributed by atoms with E-state index in [1.165, 1.54) is 25.7 Å². The third-order valence-electron chi connectivity index (χ3n) is 2.34. The van der Waals surface area contributed by atoms with Crippen LogP contribution in [0.3, 0.4) is 0 Å². The summed E-state index contributed by atoms with van der Waals surface area (Å²) >= 11 is 0. The maximum absolute atomic E-state index is 5.57. The number of hydrogen-bond donors (Lipinski definition) is 0. The summed E-state index contributed by atoms with van der Waals surface area (Å²) in [7, 11) is -1.05. The highest BCUT2D eigenvalue weighted by Gasteiger charge is 2.15. The second-order valence-corrected chi connectivity index (χ2v) is 4.95. The Hall–Kier alpha value is -0.313. The van der Waals surface area contributed by atoms with Gasteiger partial charge in [0, 0.05) is 0 Å². The van der Waals surface area contributed by atoms with E-state index < -0.39 is 8.90 Å². The summed E-state index contributed by atoms with van der Waals surface area (Å²) in [5, 5.41) is 0. The minimum absolute atomic E-state index is 0.770. The van der Waals surface area contributed by atoms with E-state index in [4.69, 9.17) is 8.85 Å². The van der Waals surface area contributed by atoms with Crippen LogP contribution >= 0.6 is 0 Å². The summed E-state index contributed by atoms with van der Waals surface area (Å²) < 4.78 is 11.1. The Balaban J connectivity index is 2.40. The van der Waals surface area contributed by atoms with Crippen molar-refractivity contribution in [1.29, 1.82) is 0 Å². The standard InChI is InChI=1S/C10H20O2Si/c1-3-11-13(12-4-2)9-10-7-5-6-8-10/h9-10H,3-8H2,1-2H3. The first-order valence-electron chi connectivity index (χ1n) is 5.34. The van der Waals surface area contributed by atoms with Gasteiger partial charge in [0.1, 0.15) is 0 Å². The van der Waals surface area contributed by atoms with Crippen molar-refractivity contribution in [1.82, 2.24) is 0 Å².